The highest BCUT2D eigenvalue weighted by Crippen LogP contribution is 2.54. The van der Waals surface area contributed by atoms with Crippen LogP contribution in [0.1, 0.15) is 26.2 Å². The third kappa shape index (κ3) is 3.33. The van der Waals surface area contributed by atoms with Gasteiger partial charge in [-0.3, -0.25) is 18.3 Å². The highest BCUT2D eigenvalue weighted by molar-refractivity contribution is 7.74. The fourth-order valence-corrected chi connectivity index (χ4v) is 3.95. The van der Waals surface area contributed by atoms with Gasteiger partial charge < -0.3 is 10.1 Å². The van der Waals surface area contributed by atoms with Gasteiger partial charge in [0, 0.05) is 5.92 Å². The largest absolute Gasteiger partial charge is 0.455 e. The van der Waals surface area contributed by atoms with Crippen molar-refractivity contribution < 1.29 is 27.3 Å². The first-order valence-electron chi connectivity index (χ1n) is 6.77. The van der Waals surface area contributed by atoms with Crippen molar-refractivity contribution in [3.05, 3.63) is 12.7 Å². The average molecular weight is 317 g/mol. The summed E-state index contributed by atoms with van der Waals surface area (Å²) in [7, 11) is 0. The van der Waals surface area contributed by atoms with Crippen molar-refractivity contribution in [2.45, 2.75) is 37.9 Å². The zero-order valence-corrected chi connectivity index (χ0v) is 12.6. The number of rotatable bonds is 6. The van der Waals surface area contributed by atoms with E-state index in [1.807, 2.05) is 0 Å². The van der Waals surface area contributed by atoms with Crippen molar-refractivity contribution in [3.63, 3.8) is 0 Å². The number of carbonyl (C=O) groups excluding carboxylic acids is 2. The van der Waals surface area contributed by atoms with Crippen LogP contribution >= 0.6 is 0 Å². The molecule has 0 saturated heterocycles. The molecule has 2 N–H and O–H groups in total. The fourth-order valence-electron chi connectivity index (χ4n) is 3.43. The summed E-state index contributed by atoms with van der Waals surface area (Å²) in [6, 6.07) is 0. The van der Waals surface area contributed by atoms with Gasteiger partial charge in [0.15, 0.2) is 0 Å². The summed E-state index contributed by atoms with van der Waals surface area (Å²) < 4.78 is 30.4. The Morgan fingerprint density at radius 2 is 2.24 bits per heavy atom. The van der Waals surface area contributed by atoms with Gasteiger partial charge >= 0.3 is 17.3 Å². The number of ether oxygens (including phenoxy) is 1. The lowest BCUT2D eigenvalue weighted by Gasteiger charge is -2.39. The monoisotopic (exact) mass is 317 g/mol. The minimum atomic E-state index is -2.41. The Bertz CT molecular complexity index is 481. The Morgan fingerprint density at radius 1 is 1.52 bits per heavy atom. The number of nitrogens with one attached hydrogen (secondary N) is 1. The molecule has 2 bridgehead atoms. The minimum Gasteiger partial charge on any atom is -0.455 e. The first-order valence-corrected chi connectivity index (χ1v) is 7.80. The van der Waals surface area contributed by atoms with Crippen LogP contribution in [-0.2, 0) is 29.9 Å². The molecule has 2 rings (SSSR count). The molecule has 2 aliphatic rings. The molecule has 8 heteroatoms. The van der Waals surface area contributed by atoms with Crippen LogP contribution in [0.15, 0.2) is 12.7 Å². The molecule has 5 unspecified atom stereocenters. The Balaban J connectivity index is 2.01. The molecular weight excluding hydrogens is 298 g/mol. The Kier molecular flexibility index (Phi) is 4.80. The minimum absolute atomic E-state index is 0.107. The summed E-state index contributed by atoms with van der Waals surface area (Å²) in [6.07, 6.45) is 3.07. The number of hydrogen-bond acceptors (Lipinski definition) is 5. The number of esters is 1. The second-order valence-electron chi connectivity index (χ2n) is 5.58. The second kappa shape index (κ2) is 6.25. The van der Waals surface area contributed by atoms with Crippen LogP contribution < -0.4 is 5.32 Å². The van der Waals surface area contributed by atoms with Gasteiger partial charge in [-0.2, -0.15) is 4.21 Å². The van der Waals surface area contributed by atoms with Gasteiger partial charge in [-0.05, 0) is 38.2 Å². The van der Waals surface area contributed by atoms with Crippen LogP contribution in [0.5, 0.6) is 0 Å². The van der Waals surface area contributed by atoms with Crippen molar-refractivity contribution in [2.24, 2.45) is 11.8 Å². The quantitative estimate of drug-likeness (QED) is 0.421. The van der Waals surface area contributed by atoms with Gasteiger partial charge in [0.2, 0.25) is 5.91 Å². The zero-order valence-electron chi connectivity index (χ0n) is 11.7. The van der Waals surface area contributed by atoms with Crippen LogP contribution in [-0.4, -0.2) is 38.9 Å². The van der Waals surface area contributed by atoms with E-state index in [-0.39, 0.29) is 18.4 Å². The van der Waals surface area contributed by atoms with E-state index >= 15 is 0 Å². The zero-order chi connectivity index (χ0) is 15.6. The van der Waals surface area contributed by atoms with Crippen LogP contribution in [0, 0.1) is 11.8 Å². The van der Waals surface area contributed by atoms with Crippen LogP contribution in [0.25, 0.3) is 0 Å². The van der Waals surface area contributed by atoms with E-state index in [4.69, 9.17) is 13.5 Å². The molecule has 0 aromatic heterocycles. The maximum Gasteiger partial charge on any atom is 0.326 e. The lowest BCUT2D eigenvalue weighted by Crippen LogP contribution is -2.51. The molecule has 0 aromatic rings. The van der Waals surface area contributed by atoms with E-state index in [1.54, 1.807) is 6.92 Å². The van der Waals surface area contributed by atoms with Crippen molar-refractivity contribution >= 4 is 23.2 Å². The number of hydrogen-bond donors (Lipinski definition) is 2. The average Bonchev–Trinajstić information content (AvgIpc) is 2.98. The molecule has 118 valence electrons. The smallest absolute Gasteiger partial charge is 0.326 e. The Hall–Kier alpha value is -1.25. The van der Waals surface area contributed by atoms with Crippen molar-refractivity contribution in [3.8, 4) is 0 Å². The molecule has 0 heterocycles. The van der Waals surface area contributed by atoms with E-state index in [9.17, 15) is 13.8 Å². The predicted octanol–water partition coefficient (Wildman–Crippen LogP) is 0.542. The Morgan fingerprint density at radius 3 is 2.86 bits per heavy atom. The second-order valence-corrected chi connectivity index (χ2v) is 6.21. The van der Waals surface area contributed by atoms with Gasteiger partial charge in [0.1, 0.15) is 18.2 Å². The number of amides is 1. The van der Waals surface area contributed by atoms with E-state index in [1.165, 1.54) is 0 Å². The number of fused-ring (bicyclic) bond motifs is 2. The maximum atomic E-state index is 11.9. The van der Waals surface area contributed by atoms with Crippen LogP contribution in [0.3, 0.4) is 0 Å². The van der Waals surface area contributed by atoms with Crippen molar-refractivity contribution in [2.75, 3.05) is 6.54 Å². The molecular formula is C13H19NO6S. The van der Waals surface area contributed by atoms with E-state index in [0.29, 0.717) is 0 Å². The van der Waals surface area contributed by atoms with Crippen LogP contribution in [0.4, 0.5) is 0 Å². The third-order valence-electron chi connectivity index (χ3n) is 4.39. The van der Waals surface area contributed by atoms with E-state index in [2.05, 4.69) is 11.9 Å². The lowest BCUT2D eigenvalue weighted by atomic mass is 9.83. The molecule has 2 saturated carbocycles. The lowest BCUT2D eigenvalue weighted by molar-refractivity contribution is -0.174. The molecule has 0 radical (unpaired) electrons. The number of carbonyl (C=O) groups is 2. The summed E-state index contributed by atoms with van der Waals surface area (Å²) >= 11 is -2.41. The molecule has 2 aliphatic carbocycles. The highest BCUT2D eigenvalue weighted by Gasteiger charge is 2.59. The molecule has 0 aromatic carbocycles. The standard InChI is InChI=1S/C13H19NO6S/c1-3-10(15)14-7-11(16)19-13(2)9-5-4-8(6-9)12(13)20-21(17)18/h3,8-9,12H,1,4-7H2,2H3,(H,14,15)(H,17,18). The first-order chi connectivity index (χ1) is 9.86. The topological polar surface area (TPSA) is 102 Å². The van der Waals surface area contributed by atoms with Gasteiger partial charge in [0.05, 0.1) is 0 Å². The maximum absolute atomic E-state index is 11.9. The predicted molar refractivity (Wildman–Crippen MR) is 74.2 cm³/mol. The van der Waals surface area contributed by atoms with E-state index < -0.39 is 34.9 Å². The van der Waals surface area contributed by atoms with E-state index in [0.717, 1.165) is 25.3 Å². The van der Waals surface area contributed by atoms with Gasteiger partial charge in [-0.25, -0.2) is 0 Å². The molecule has 1 amide bonds. The van der Waals surface area contributed by atoms with Crippen LogP contribution in [0.2, 0.25) is 0 Å². The van der Waals surface area contributed by atoms with Crippen molar-refractivity contribution in [1.29, 1.82) is 0 Å². The molecule has 7 nitrogen and oxygen atoms in total. The van der Waals surface area contributed by atoms with Gasteiger partial charge in [-0.1, -0.05) is 6.58 Å². The summed E-state index contributed by atoms with van der Waals surface area (Å²) in [4.78, 5) is 22.9. The molecule has 0 spiro atoms. The summed E-state index contributed by atoms with van der Waals surface area (Å²) in [5.41, 5.74) is -0.933. The third-order valence-corrected chi connectivity index (χ3v) is 4.76. The molecule has 0 aliphatic heterocycles. The summed E-state index contributed by atoms with van der Waals surface area (Å²) in [5.74, 6) is -0.839. The van der Waals surface area contributed by atoms with Crippen molar-refractivity contribution in [1.82, 2.24) is 5.32 Å². The Labute approximate surface area is 125 Å². The molecule has 2 fully saturated rings. The van der Waals surface area contributed by atoms with Gasteiger partial charge in [-0.15, -0.1) is 0 Å². The highest BCUT2D eigenvalue weighted by atomic mass is 32.2. The summed E-state index contributed by atoms with van der Waals surface area (Å²) in [6.45, 7) is 4.74. The van der Waals surface area contributed by atoms with Gasteiger partial charge in [0.25, 0.3) is 0 Å². The normalized spacial score (nSPS) is 35.2. The molecule has 5 atom stereocenters. The molecule has 21 heavy (non-hydrogen) atoms. The fraction of sp³-hybridized carbons (Fsp3) is 0.692. The SMILES string of the molecule is C=CC(=O)NCC(=O)OC1(C)C2CCC(C2)C1OS(=O)O. The first kappa shape index (κ1) is 16.1. The summed E-state index contributed by atoms with van der Waals surface area (Å²) in [5, 5.41) is 2.34.